The van der Waals surface area contributed by atoms with E-state index in [1.165, 1.54) is 24.3 Å². The van der Waals surface area contributed by atoms with E-state index in [1.54, 1.807) is 36.4 Å². The summed E-state index contributed by atoms with van der Waals surface area (Å²) in [6, 6.07) is 15.7. The molecule has 1 atom stereocenters. The molecule has 0 bridgehead atoms. The van der Waals surface area contributed by atoms with Crippen molar-refractivity contribution in [1.82, 2.24) is 10.0 Å². The van der Waals surface area contributed by atoms with Crippen molar-refractivity contribution in [3.05, 3.63) is 66.2 Å². The lowest BCUT2D eigenvalue weighted by Crippen LogP contribution is -2.46. The quantitative estimate of drug-likeness (QED) is 0.355. The molecule has 10 nitrogen and oxygen atoms in total. The van der Waals surface area contributed by atoms with Gasteiger partial charge in [0.25, 0.3) is 0 Å². The summed E-state index contributed by atoms with van der Waals surface area (Å²) in [6.45, 7) is -1.21. The first-order chi connectivity index (χ1) is 15.0. The van der Waals surface area contributed by atoms with E-state index in [0.29, 0.717) is 5.56 Å². The molecule has 32 heavy (non-hydrogen) atoms. The Labute approximate surface area is 186 Å². The summed E-state index contributed by atoms with van der Waals surface area (Å²) in [5.74, 6) is -3.82. The average Bonchev–Trinajstić information content (AvgIpc) is 2.75. The maximum Gasteiger partial charge on any atom is 0.240 e. The smallest absolute Gasteiger partial charge is 0.240 e. The normalized spacial score (nSPS) is 12.6. The first-order valence-electron chi connectivity index (χ1n) is 9.39. The molecule has 2 rings (SSSR count). The van der Waals surface area contributed by atoms with Gasteiger partial charge in [0.15, 0.2) is 15.6 Å². The van der Waals surface area contributed by atoms with Crippen LogP contribution in [0.2, 0.25) is 0 Å². The van der Waals surface area contributed by atoms with Gasteiger partial charge in [-0.05, 0) is 24.1 Å². The molecule has 1 unspecified atom stereocenters. The molecule has 0 saturated carbocycles. The van der Waals surface area contributed by atoms with Crippen LogP contribution in [0.1, 0.15) is 5.56 Å². The predicted octanol–water partition coefficient (Wildman–Crippen LogP) is -0.838. The standard InChI is InChI=1S/C20H23N3O7S2/c21-19(25)14-31(27,28)18(11-15-7-3-1-4-8-15)20(26)22-12-16(24)13-23-32(29,30)17-9-5-2-6-10-17/h1-10,18,23H,11-14H2,(H2,21,25)(H,22,26). The predicted molar refractivity (Wildman–Crippen MR) is 117 cm³/mol. The van der Waals surface area contributed by atoms with E-state index < -0.39 is 61.6 Å². The van der Waals surface area contributed by atoms with Gasteiger partial charge in [-0.15, -0.1) is 0 Å². The molecule has 172 valence electrons. The van der Waals surface area contributed by atoms with Gasteiger partial charge in [-0.3, -0.25) is 14.4 Å². The zero-order valence-corrected chi connectivity index (χ0v) is 18.6. The summed E-state index contributed by atoms with van der Waals surface area (Å²) in [6.07, 6.45) is -0.225. The minimum absolute atomic E-state index is 0.0303. The van der Waals surface area contributed by atoms with Gasteiger partial charge < -0.3 is 11.1 Å². The molecule has 0 aliphatic heterocycles. The molecule has 2 amide bonds. The second-order valence-electron chi connectivity index (χ2n) is 6.85. The summed E-state index contributed by atoms with van der Waals surface area (Å²) in [4.78, 5) is 35.8. The minimum atomic E-state index is -4.25. The van der Waals surface area contributed by atoms with Crippen LogP contribution in [0.5, 0.6) is 0 Å². The van der Waals surface area contributed by atoms with Gasteiger partial charge in [0, 0.05) is 0 Å². The molecule has 2 aromatic rings. The molecule has 0 fully saturated rings. The van der Waals surface area contributed by atoms with Crippen molar-refractivity contribution in [3.63, 3.8) is 0 Å². The summed E-state index contributed by atoms with van der Waals surface area (Å²) in [5.41, 5.74) is 5.52. The van der Waals surface area contributed by atoms with Crippen LogP contribution >= 0.6 is 0 Å². The third-order valence-electron chi connectivity index (χ3n) is 4.31. The van der Waals surface area contributed by atoms with Crippen LogP contribution in [0.4, 0.5) is 0 Å². The van der Waals surface area contributed by atoms with Crippen molar-refractivity contribution in [3.8, 4) is 0 Å². The second-order valence-corrected chi connectivity index (χ2v) is 10.8. The molecule has 0 aliphatic rings. The fourth-order valence-electron chi connectivity index (χ4n) is 2.73. The number of hydrogen-bond donors (Lipinski definition) is 3. The van der Waals surface area contributed by atoms with E-state index in [1.807, 2.05) is 0 Å². The first kappa shape index (κ1) is 25.2. The number of primary amides is 1. The number of nitrogens with one attached hydrogen (secondary N) is 2. The topological polar surface area (TPSA) is 170 Å². The summed E-state index contributed by atoms with van der Waals surface area (Å²) in [5, 5.41) is 0.557. The second kappa shape index (κ2) is 11.0. The molecule has 0 radical (unpaired) electrons. The molecular weight excluding hydrogens is 458 g/mol. The summed E-state index contributed by atoms with van der Waals surface area (Å²) in [7, 11) is -8.17. The van der Waals surface area contributed by atoms with E-state index in [4.69, 9.17) is 5.73 Å². The minimum Gasteiger partial charge on any atom is -0.369 e. The van der Waals surface area contributed by atoms with Crippen molar-refractivity contribution in [2.45, 2.75) is 16.6 Å². The van der Waals surface area contributed by atoms with Crippen molar-refractivity contribution < 1.29 is 31.2 Å². The highest BCUT2D eigenvalue weighted by atomic mass is 32.2. The van der Waals surface area contributed by atoms with Crippen LogP contribution < -0.4 is 15.8 Å². The van der Waals surface area contributed by atoms with Crippen molar-refractivity contribution in [1.29, 1.82) is 0 Å². The highest BCUT2D eigenvalue weighted by Crippen LogP contribution is 2.12. The van der Waals surface area contributed by atoms with Crippen molar-refractivity contribution in [2.75, 3.05) is 18.8 Å². The third-order valence-corrected chi connectivity index (χ3v) is 7.66. The van der Waals surface area contributed by atoms with Gasteiger partial charge in [0.2, 0.25) is 21.8 Å². The van der Waals surface area contributed by atoms with E-state index >= 15 is 0 Å². The first-order valence-corrected chi connectivity index (χ1v) is 12.6. The number of sulfone groups is 1. The van der Waals surface area contributed by atoms with E-state index in [9.17, 15) is 31.2 Å². The molecule has 0 heterocycles. The average molecular weight is 482 g/mol. The number of amides is 2. The molecule has 0 aromatic heterocycles. The maximum absolute atomic E-state index is 12.6. The molecule has 0 saturated heterocycles. The van der Waals surface area contributed by atoms with Crippen molar-refractivity contribution >= 4 is 37.5 Å². The Morgan fingerprint density at radius 3 is 1.97 bits per heavy atom. The van der Waals surface area contributed by atoms with Gasteiger partial charge >= 0.3 is 0 Å². The molecular formula is C20H23N3O7S2. The monoisotopic (exact) mass is 481 g/mol. The Morgan fingerprint density at radius 1 is 0.844 bits per heavy atom. The van der Waals surface area contributed by atoms with Crippen LogP contribution in [-0.2, 0) is 40.7 Å². The van der Waals surface area contributed by atoms with Crippen LogP contribution in [-0.4, -0.2) is 58.5 Å². The summed E-state index contributed by atoms with van der Waals surface area (Å²) < 4.78 is 51.4. The van der Waals surface area contributed by atoms with Gasteiger partial charge in [0.1, 0.15) is 11.0 Å². The number of nitrogens with two attached hydrogens (primary N) is 1. The fraction of sp³-hybridized carbons (Fsp3) is 0.250. The van der Waals surface area contributed by atoms with Crippen LogP contribution in [0.15, 0.2) is 65.6 Å². The number of benzene rings is 2. The lowest BCUT2D eigenvalue weighted by Gasteiger charge is -2.17. The SMILES string of the molecule is NC(=O)CS(=O)(=O)C(Cc1ccccc1)C(=O)NCC(=O)CNS(=O)(=O)c1ccccc1. The number of carbonyl (C=O) groups excluding carboxylic acids is 3. The van der Waals surface area contributed by atoms with Gasteiger partial charge in [0.05, 0.1) is 18.0 Å². The Balaban J connectivity index is 2.02. The van der Waals surface area contributed by atoms with E-state index in [2.05, 4.69) is 10.0 Å². The largest absolute Gasteiger partial charge is 0.369 e. The number of carbonyl (C=O) groups is 3. The molecule has 4 N–H and O–H groups in total. The third kappa shape index (κ3) is 7.55. The number of hydrogen-bond acceptors (Lipinski definition) is 7. The number of ketones is 1. The highest BCUT2D eigenvalue weighted by Gasteiger charge is 2.34. The Kier molecular flexibility index (Phi) is 8.63. The number of Topliss-reactive ketones (excluding diaryl/α,β-unsaturated/α-hetero) is 1. The number of rotatable bonds is 12. The fourth-order valence-corrected chi connectivity index (χ4v) is 5.22. The maximum atomic E-state index is 12.6. The lowest BCUT2D eigenvalue weighted by atomic mass is 10.1. The Morgan fingerprint density at radius 2 is 1.41 bits per heavy atom. The van der Waals surface area contributed by atoms with Gasteiger partial charge in [-0.25, -0.2) is 21.6 Å². The Bertz CT molecular complexity index is 1170. The number of sulfonamides is 1. The van der Waals surface area contributed by atoms with Crippen LogP contribution in [0.3, 0.4) is 0 Å². The van der Waals surface area contributed by atoms with Crippen molar-refractivity contribution in [2.24, 2.45) is 5.73 Å². The van der Waals surface area contributed by atoms with Crippen LogP contribution in [0, 0.1) is 0 Å². The Hall–Kier alpha value is -3.09. The van der Waals surface area contributed by atoms with E-state index in [-0.39, 0.29) is 11.3 Å². The van der Waals surface area contributed by atoms with Gasteiger partial charge in [-0.2, -0.15) is 0 Å². The zero-order valence-electron chi connectivity index (χ0n) is 16.9. The van der Waals surface area contributed by atoms with Gasteiger partial charge in [-0.1, -0.05) is 48.5 Å². The zero-order chi connectivity index (χ0) is 23.8. The lowest BCUT2D eigenvalue weighted by molar-refractivity contribution is -0.124. The molecule has 0 spiro atoms. The molecule has 12 heteroatoms. The molecule has 2 aromatic carbocycles. The van der Waals surface area contributed by atoms with Crippen LogP contribution in [0.25, 0.3) is 0 Å². The van der Waals surface area contributed by atoms with E-state index in [0.717, 1.165) is 0 Å². The molecule has 0 aliphatic carbocycles. The summed E-state index contributed by atoms with van der Waals surface area (Å²) >= 11 is 0. The highest BCUT2D eigenvalue weighted by molar-refractivity contribution is 7.93.